The molecular formula is C18H21ClN2O4. The molecule has 134 valence electrons. The summed E-state index contributed by atoms with van der Waals surface area (Å²) in [6.07, 6.45) is 4.74. The summed E-state index contributed by atoms with van der Waals surface area (Å²) in [4.78, 5) is 23.9. The quantitative estimate of drug-likeness (QED) is 0.737. The van der Waals surface area contributed by atoms with Gasteiger partial charge in [-0.3, -0.25) is 9.59 Å². The number of ether oxygens (including phenoxy) is 2. The van der Waals surface area contributed by atoms with Crippen molar-refractivity contribution in [1.29, 1.82) is 0 Å². The van der Waals surface area contributed by atoms with E-state index in [1.54, 1.807) is 24.3 Å². The molecule has 2 N–H and O–H groups in total. The molecule has 2 amide bonds. The van der Waals surface area contributed by atoms with Gasteiger partial charge in [-0.1, -0.05) is 11.6 Å². The number of nitrogens with one attached hydrogen (secondary N) is 2. The first-order valence-electron chi connectivity index (χ1n) is 8.58. The molecule has 4 aliphatic carbocycles. The number of carbonyl (C=O) groups excluding carboxylic acids is 2. The van der Waals surface area contributed by atoms with Crippen LogP contribution in [0.25, 0.3) is 0 Å². The number of carbonyl (C=O) groups is 2. The van der Waals surface area contributed by atoms with Crippen LogP contribution in [0.4, 0.5) is 0 Å². The van der Waals surface area contributed by atoms with Crippen molar-refractivity contribution in [3.05, 3.63) is 29.3 Å². The van der Waals surface area contributed by atoms with Gasteiger partial charge in [-0.2, -0.15) is 0 Å². The normalized spacial score (nSPS) is 29.2. The largest absolute Gasteiger partial charge is 0.484 e. The SMILES string of the molecule is O=C(COc1ccc(Cl)cc1)NC12CC(NC(=O)COC3CC3)(C1)C2. The van der Waals surface area contributed by atoms with E-state index in [-0.39, 0.29) is 42.2 Å². The van der Waals surface area contributed by atoms with Crippen LogP contribution in [-0.4, -0.2) is 42.2 Å². The number of hydrogen-bond donors (Lipinski definition) is 2. The Labute approximate surface area is 151 Å². The summed E-state index contributed by atoms with van der Waals surface area (Å²) < 4.78 is 10.9. The van der Waals surface area contributed by atoms with Crippen molar-refractivity contribution in [1.82, 2.24) is 10.6 Å². The molecule has 0 heterocycles. The lowest BCUT2D eigenvalue weighted by Gasteiger charge is -2.70. The summed E-state index contributed by atoms with van der Waals surface area (Å²) in [6, 6.07) is 6.89. The van der Waals surface area contributed by atoms with E-state index in [0.717, 1.165) is 32.1 Å². The molecule has 0 atom stereocenters. The molecule has 25 heavy (non-hydrogen) atoms. The van der Waals surface area contributed by atoms with E-state index in [1.807, 2.05) is 0 Å². The first kappa shape index (κ1) is 16.7. The van der Waals surface area contributed by atoms with Crippen LogP contribution in [0.5, 0.6) is 5.75 Å². The first-order valence-corrected chi connectivity index (χ1v) is 8.96. The lowest BCUT2D eigenvalue weighted by Crippen LogP contribution is -2.84. The molecule has 4 fully saturated rings. The fourth-order valence-electron chi connectivity index (χ4n) is 3.82. The van der Waals surface area contributed by atoms with Gasteiger partial charge in [0.15, 0.2) is 6.61 Å². The number of amides is 2. The van der Waals surface area contributed by atoms with Crippen molar-refractivity contribution in [2.45, 2.75) is 49.3 Å². The zero-order chi connectivity index (χ0) is 17.5. The van der Waals surface area contributed by atoms with Gasteiger partial charge in [0.1, 0.15) is 12.4 Å². The molecule has 0 aliphatic heterocycles. The maximum atomic E-state index is 12.1. The first-order chi connectivity index (χ1) is 12.0. The topological polar surface area (TPSA) is 76.7 Å². The second-order valence-corrected chi connectivity index (χ2v) is 7.88. The van der Waals surface area contributed by atoms with E-state index in [4.69, 9.17) is 21.1 Å². The highest BCUT2D eigenvalue weighted by molar-refractivity contribution is 6.30. The van der Waals surface area contributed by atoms with E-state index in [2.05, 4.69) is 10.6 Å². The Morgan fingerprint density at radius 1 is 1.00 bits per heavy atom. The molecule has 0 spiro atoms. The summed E-state index contributed by atoms with van der Waals surface area (Å²) in [5, 5.41) is 6.70. The monoisotopic (exact) mass is 364 g/mol. The Kier molecular flexibility index (Phi) is 4.12. The third-order valence-electron chi connectivity index (χ3n) is 5.00. The Balaban J connectivity index is 1.16. The molecule has 5 rings (SSSR count). The van der Waals surface area contributed by atoms with Gasteiger partial charge >= 0.3 is 0 Å². The van der Waals surface area contributed by atoms with Crippen molar-refractivity contribution < 1.29 is 19.1 Å². The van der Waals surface area contributed by atoms with Gasteiger partial charge < -0.3 is 20.1 Å². The fraction of sp³-hybridized carbons (Fsp3) is 0.556. The summed E-state index contributed by atoms with van der Waals surface area (Å²) in [7, 11) is 0. The molecule has 1 aromatic carbocycles. The highest BCUT2D eigenvalue weighted by Gasteiger charge is 2.69. The van der Waals surface area contributed by atoms with Crippen molar-refractivity contribution >= 4 is 23.4 Å². The second-order valence-electron chi connectivity index (χ2n) is 7.44. The van der Waals surface area contributed by atoms with Crippen LogP contribution >= 0.6 is 11.6 Å². The third kappa shape index (κ3) is 3.75. The van der Waals surface area contributed by atoms with E-state index in [0.29, 0.717) is 10.8 Å². The van der Waals surface area contributed by atoms with Crippen molar-refractivity contribution in [2.75, 3.05) is 13.2 Å². The van der Waals surface area contributed by atoms with Crippen molar-refractivity contribution in [3.63, 3.8) is 0 Å². The number of halogens is 1. The van der Waals surface area contributed by atoms with Gasteiger partial charge in [0.25, 0.3) is 5.91 Å². The van der Waals surface area contributed by atoms with Gasteiger partial charge in [-0.25, -0.2) is 0 Å². The highest BCUT2D eigenvalue weighted by atomic mass is 35.5. The van der Waals surface area contributed by atoms with Crippen LogP contribution in [0.3, 0.4) is 0 Å². The summed E-state index contributed by atoms with van der Waals surface area (Å²) in [5.41, 5.74) is -0.320. The maximum absolute atomic E-state index is 12.1. The van der Waals surface area contributed by atoms with E-state index < -0.39 is 0 Å². The zero-order valence-electron chi connectivity index (χ0n) is 13.8. The molecule has 0 unspecified atom stereocenters. The van der Waals surface area contributed by atoms with Crippen LogP contribution in [0.2, 0.25) is 5.02 Å². The molecule has 0 aromatic heterocycles. The zero-order valence-corrected chi connectivity index (χ0v) is 14.6. The lowest BCUT2D eigenvalue weighted by molar-refractivity contribution is -0.152. The van der Waals surface area contributed by atoms with Gasteiger partial charge in [-0.15, -0.1) is 0 Å². The maximum Gasteiger partial charge on any atom is 0.258 e. The number of rotatable bonds is 8. The molecule has 4 saturated carbocycles. The predicted octanol–water partition coefficient (Wildman–Crippen LogP) is 1.81. The third-order valence-corrected chi connectivity index (χ3v) is 5.25. The van der Waals surface area contributed by atoms with Crippen LogP contribution in [0.1, 0.15) is 32.1 Å². The highest BCUT2D eigenvalue weighted by Crippen LogP contribution is 2.60. The lowest BCUT2D eigenvalue weighted by atomic mass is 9.44. The van der Waals surface area contributed by atoms with Gasteiger partial charge in [0.05, 0.1) is 6.10 Å². The minimum atomic E-state index is -0.176. The second kappa shape index (κ2) is 6.18. The van der Waals surface area contributed by atoms with Gasteiger partial charge in [-0.05, 0) is 56.4 Å². The standard InChI is InChI=1S/C18H21ClN2O4/c19-12-1-3-13(4-2-12)24-7-15(22)20-17-9-18(10-17,11-17)21-16(23)8-25-14-5-6-14/h1-4,14H,5-11H2,(H,20,22)(H,21,23). The number of hydrogen-bond acceptors (Lipinski definition) is 4. The van der Waals surface area contributed by atoms with Crippen molar-refractivity contribution in [2.24, 2.45) is 0 Å². The Morgan fingerprint density at radius 2 is 1.56 bits per heavy atom. The van der Waals surface area contributed by atoms with Crippen LogP contribution in [0, 0.1) is 0 Å². The molecule has 1 aromatic rings. The van der Waals surface area contributed by atoms with E-state index in [1.165, 1.54) is 0 Å². The Morgan fingerprint density at radius 3 is 2.12 bits per heavy atom. The van der Waals surface area contributed by atoms with E-state index in [9.17, 15) is 9.59 Å². The molecular weight excluding hydrogens is 344 g/mol. The van der Waals surface area contributed by atoms with Crippen molar-refractivity contribution in [3.8, 4) is 5.75 Å². The minimum Gasteiger partial charge on any atom is -0.484 e. The Bertz CT molecular complexity index is 667. The summed E-state index contributed by atoms with van der Waals surface area (Å²) in [5.74, 6) is 0.404. The Hall–Kier alpha value is -1.79. The molecule has 6 nitrogen and oxygen atoms in total. The van der Waals surface area contributed by atoms with Gasteiger partial charge in [0.2, 0.25) is 5.91 Å². The average molecular weight is 365 g/mol. The molecule has 7 heteroatoms. The molecule has 2 bridgehead atoms. The smallest absolute Gasteiger partial charge is 0.258 e. The fourth-order valence-corrected chi connectivity index (χ4v) is 3.95. The summed E-state index contributed by atoms with van der Waals surface area (Å²) in [6.45, 7) is 0.110. The van der Waals surface area contributed by atoms with E-state index >= 15 is 0 Å². The molecule has 0 saturated heterocycles. The average Bonchev–Trinajstić information content (AvgIpc) is 3.33. The van der Waals surface area contributed by atoms with Crippen LogP contribution < -0.4 is 15.4 Å². The molecule has 0 radical (unpaired) electrons. The predicted molar refractivity (Wildman–Crippen MR) is 91.5 cm³/mol. The van der Waals surface area contributed by atoms with Gasteiger partial charge in [0, 0.05) is 16.1 Å². The minimum absolute atomic E-state index is 0.0298. The van der Waals surface area contributed by atoms with Crippen LogP contribution in [-0.2, 0) is 14.3 Å². The summed E-state index contributed by atoms with van der Waals surface area (Å²) >= 11 is 5.81. The number of benzene rings is 1. The molecule has 4 aliphatic rings. The van der Waals surface area contributed by atoms with Crippen LogP contribution in [0.15, 0.2) is 24.3 Å².